The minimum absolute atomic E-state index is 0.132. The number of hydrazone groups is 1. The Morgan fingerprint density at radius 2 is 1.81 bits per heavy atom. The van der Waals surface area contributed by atoms with Crippen LogP contribution in [0.15, 0.2) is 65.8 Å². The Hall–Kier alpha value is -3.54. The zero-order chi connectivity index (χ0) is 18.1. The van der Waals surface area contributed by atoms with Crippen LogP contribution in [0.25, 0.3) is 10.8 Å². The van der Waals surface area contributed by atoms with Crippen molar-refractivity contribution < 1.29 is 14.0 Å². The number of amides is 2. The van der Waals surface area contributed by atoms with Gasteiger partial charge in [-0.25, -0.2) is 9.82 Å². The fourth-order valence-electron chi connectivity index (χ4n) is 3.04. The Labute approximate surface area is 148 Å². The number of carbonyl (C=O) groups is 2. The van der Waals surface area contributed by atoms with Crippen molar-refractivity contribution in [1.82, 2.24) is 5.43 Å². The molecule has 1 N–H and O–H groups in total. The lowest BCUT2D eigenvalue weighted by Crippen LogP contribution is -2.37. The average molecular weight is 347 g/mol. The molecule has 0 bridgehead atoms. The molecule has 0 aromatic heterocycles. The Bertz CT molecular complexity index is 1040. The standard InChI is InChI=1S/C20H14FN3O2/c21-15-9-7-13(8-10-15)11-22-23-18(25)12-24-17-6-2-4-14-3-1-5-16(19(14)17)20(24)26/h1-11H,12H2,(H,23,25)/b22-11+. The van der Waals surface area contributed by atoms with Gasteiger partial charge in [0.2, 0.25) is 0 Å². The Kier molecular flexibility index (Phi) is 3.93. The number of carbonyl (C=O) groups excluding carboxylic acids is 2. The summed E-state index contributed by atoms with van der Waals surface area (Å²) >= 11 is 0. The van der Waals surface area contributed by atoms with E-state index < -0.39 is 5.91 Å². The lowest BCUT2D eigenvalue weighted by atomic mass is 10.1. The van der Waals surface area contributed by atoms with Gasteiger partial charge in [-0.1, -0.05) is 36.4 Å². The number of rotatable bonds is 4. The Morgan fingerprint density at radius 1 is 1.08 bits per heavy atom. The van der Waals surface area contributed by atoms with Crippen LogP contribution in [-0.4, -0.2) is 24.6 Å². The summed E-state index contributed by atoms with van der Waals surface area (Å²) in [4.78, 5) is 26.2. The van der Waals surface area contributed by atoms with Crippen LogP contribution in [0.1, 0.15) is 15.9 Å². The van der Waals surface area contributed by atoms with Crippen LogP contribution in [0.4, 0.5) is 10.1 Å². The van der Waals surface area contributed by atoms with E-state index in [2.05, 4.69) is 10.5 Å². The van der Waals surface area contributed by atoms with Gasteiger partial charge in [0.05, 0.1) is 11.9 Å². The van der Waals surface area contributed by atoms with Crippen molar-refractivity contribution in [3.8, 4) is 0 Å². The molecule has 0 radical (unpaired) electrons. The number of nitrogens with zero attached hydrogens (tertiary/aromatic N) is 2. The first-order chi connectivity index (χ1) is 12.6. The lowest BCUT2D eigenvalue weighted by molar-refractivity contribution is -0.119. The molecule has 1 aliphatic heterocycles. The molecule has 6 heteroatoms. The molecule has 26 heavy (non-hydrogen) atoms. The molecule has 0 saturated carbocycles. The molecule has 0 aliphatic carbocycles. The maximum atomic E-state index is 12.9. The van der Waals surface area contributed by atoms with E-state index in [0.29, 0.717) is 11.1 Å². The van der Waals surface area contributed by atoms with Crippen LogP contribution in [0.2, 0.25) is 0 Å². The third-order valence-electron chi connectivity index (χ3n) is 4.22. The predicted molar refractivity (Wildman–Crippen MR) is 97.8 cm³/mol. The van der Waals surface area contributed by atoms with Gasteiger partial charge in [0, 0.05) is 10.9 Å². The van der Waals surface area contributed by atoms with E-state index in [-0.39, 0.29) is 18.3 Å². The van der Waals surface area contributed by atoms with Gasteiger partial charge in [-0.2, -0.15) is 5.10 Å². The molecule has 2 amide bonds. The second kappa shape index (κ2) is 6.40. The SMILES string of the molecule is O=C(CN1C(=O)c2cccc3cccc1c23)N/N=C/c1ccc(F)cc1. The maximum Gasteiger partial charge on any atom is 0.260 e. The first kappa shape index (κ1) is 16.0. The van der Waals surface area contributed by atoms with Crippen molar-refractivity contribution >= 4 is 34.5 Å². The van der Waals surface area contributed by atoms with E-state index in [1.54, 1.807) is 18.2 Å². The third-order valence-corrected chi connectivity index (χ3v) is 4.22. The summed E-state index contributed by atoms with van der Waals surface area (Å²) in [5.74, 6) is -0.955. The summed E-state index contributed by atoms with van der Waals surface area (Å²) in [6.45, 7) is -0.132. The summed E-state index contributed by atoms with van der Waals surface area (Å²) in [6, 6.07) is 16.9. The molecule has 0 spiro atoms. The maximum absolute atomic E-state index is 12.9. The van der Waals surface area contributed by atoms with Gasteiger partial charge < -0.3 is 0 Å². The minimum atomic E-state index is -0.415. The molecule has 1 heterocycles. The molecule has 4 rings (SSSR count). The molecule has 0 fully saturated rings. The van der Waals surface area contributed by atoms with Gasteiger partial charge in [0.25, 0.3) is 11.8 Å². The fourth-order valence-corrected chi connectivity index (χ4v) is 3.04. The molecule has 128 valence electrons. The first-order valence-electron chi connectivity index (χ1n) is 8.04. The van der Waals surface area contributed by atoms with E-state index in [9.17, 15) is 14.0 Å². The molecule has 5 nitrogen and oxygen atoms in total. The van der Waals surface area contributed by atoms with E-state index >= 15 is 0 Å². The molecule has 1 aliphatic rings. The molecule has 0 saturated heterocycles. The number of benzene rings is 3. The second-order valence-corrected chi connectivity index (χ2v) is 5.92. The van der Waals surface area contributed by atoms with Crippen molar-refractivity contribution in [3.05, 3.63) is 77.6 Å². The van der Waals surface area contributed by atoms with Crippen LogP contribution >= 0.6 is 0 Å². The zero-order valence-electron chi connectivity index (χ0n) is 13.6. The van der Waals surface area contributed by atoms with E-state index in [1.807, 2.05) is 30.3 Å². The van der Waals surface area contributed by atoms with E-state index in [1.165, 1.54) is 23.2 Å². The molecule has 0 atom stereocenters. The highest BCUT2D eigenvalue weighted by Crippen LogP contribution is 2.36. The third kappa shape index (κ3) is 2.82. The summed E-state index contributed by atoms with van der Waals surface area (Å²) in [6.07, 6.45) is 1.42. The van der Waals surface area contributed by atoms with Gasteiger partial charge in [-0.3, -0.25) is 14.5 Å². The second-order valence-electron chi connectivity index (χ2n) is 5.92. The average Bonchev–Trinajstić information content (AvgIpc) is 2.92. The fraction of sp³-hybridized carbons (Fsp3) is 0.0500. The van der Waals surface area contributed by atoms with Gasteiger partial charge in [-0.05, 0) is 35.2 Å². The van der Waals surface area contributed by atoms with Crippen molar-refractivity contribution in [2.45, 2.75) is 0 Å². The van der Waals surface area contributed by atoms with Gasteiger partial charge in [0.15, 0.2) is 0 Å². The van der Waals surface area contributed by atoms with Crippen molar-refractivity contribution in [1.29, 1.82) is 0 Å². The Balaban J connectivity index is 1.48. The van der Waals surface area contributed by atoms with Crippen LogP contribution in [0, 0.1) is 5.82 Å². The van der Waals surface area contributed by atoms with Crippen LogP contribution in [0.5, 0.6) is 0 Å². The topological polar surface area (TPSA) is 61.8 Å². The summed E-state index contributed by atoms with van der Waals surface area (Å²) in [5, 5.41) is 5.68. The number of anilines is 1. The normalized spacial score (nSPS) is 13.0. The van der Waals surface area contributed by atoms with Crippen LogP contribution in [-0.2, 0) is 4.79 Å². The van der Waals surface area contributed by atoms with Gasteiger partial charge in [-0.15, -0.1) is 0 Å². The zero-order valence-corrected chi connectivity index (χ0v) is 13.6. The predicted octanol–water partition coefficient (Wildman–Crippen LogP) is 3.09. The molecular formula is C20H14FN3O2. The summed E-state index contributed by atoms with van der Waals surface area (Å²) in [5.41, 5.74) is 4.37. The monoisotopic (exact) mass is 347 g/mol. The van der Waals surface area contributed by atoms with Crippen LogP contribution < -0.4 is 10.3 Å². The summed E-state index contributed by atoms with van der Waals surface area (Å²) < 4.78 is 12.9. The van der Waals surface area contributed by atoms with E-state index in [0.717, 1.165) is 16.5 Å². The highest BCUT2D eigenvalue weighted by molar-refractivity contribution is 6.26. The van der Waals surface area contributed by atoms with Crippen molar-refractivity contribution in [3.63, 3.8) is 0 Å². The molecule has 0 unspecified atom stereocenters. The molecule has 3 aromatic carbocycles. The summed E-state index contributed by atoms with van der Waals surface area (Å²) in [7, 11) is 0. The lowest BCUT2D eigenvalue weighted by Gasteiger charge is -2.16. The number of hydrogen-bond donors (Lipinski definition) is 1. The van der Waals surface area contributed by atoms with Crippen molar-refractivity contribution in [2.24, 2.45) is 5.10 Å². The van der Waals surface area contributed by atoms with Gasteiger partial charge >= 0.3 is 0 Å². The number of halogens is 1. The minimum Gasteiger partial charge on any atom is -0.298 e. The molecular weight excluding hydrogens is 333 g/mol. The largest absolute Gasteiger partial charge is 0.298 e. The number of nitrogens with one attached hydrogen (secondary N) is 1. The highest BCUT2D eigenvalue weighted by atomic mass is 19.1. The highest BCUT2D eigenvalue weighted by Gasteiger charge is 2.30. The molecule has 3 aromatic rings. The number of hydrogen-bond acceptors (Lipinski definition) is 3. The van der Waals surface area contributed by atoms with Crippen molar-refractivity contribution in [2.75, 3.05) is 11.4 Å². The van der Waals surface area contributed by atoms with Gasteiger partial charge in [0.1, 0.15) is 12.4 Å². The Morgan fingerprint density at radius 3 is 2.58 bits per heavy atom. The van der Waals surface area contributed by atoms with E-state index in [4.69, 9.17) is 0 Å². The van der Waals surface area contributed by atoms with Crippen LogP contribution in [0.3, 0.4) is 0 Å². The first-order valence-corrected chi connectivity index (χ1v) is 8.04. The quantitative estimate of drug-likeness (QED) is 0.582. The smallest absolute Gasteiger partial charge is 0.260 e.